The number of ether oxygens (including phenoxy) is 1. The molecule has 1 aliphatic carbocycles. The molecule has 0 amide bonds. The molecule has 2 aliphatic rings. The summed E-state index contributed by atoms with van der Waals surface area (Å²) in [6.07, 6.45) is 3.84. The van der Waals surface area contributed by atoms with Crippen molar-refractivity contribution in [2.75, 3.05) is 33.4 Å². The van der Waals surface area contributed by atoms with Crippen molar-refractivity contribution in [3.8, 4) is 0 Å². The lowest BCUT2D eigenvalue weighted by Gasteiger charge is -2.42. The smallest absolute Gasteiger partial charge is 0.0587 e. The lowest BCUT2D eigenvalue weighted by atomic mass is 9.73. The summed E-state index contributed by atoms with van der Waals surface area (Å²) in [6.45, 7) is 8.81. The first kappa shape index (κ1) is 16.0. The van der Waals surface area contributed by atoms with E-state index in [1.807, 2.05) is 0 Å². The maximum Gasteiger partial charge on any atom is 0.0587 e. The molecule has 1 aromatic rings. The zero-order chi connectivity index (χ0) is 15.6. The van der Waals surface area contributed by atoms with Crippen LogP contribution < -0.4 is 5.32 Å². The molecular weight excluding hydrogens is 272 g/mol. The van der Waals surface area contributed by atoms with Crippen LogP contribution in [0.1, 0.15) is 50.3 Å². The van der Waals surface area contributed by atoms with Crippen LogP contribution in [0.25, 0.3) is 0 Å². The lowest BCUT2D eigenvalue weighted by molar-refractivity contribution is 0.123. The van der Waals surface area contributed by atoms with Crippen LogP contribution in [0.15, 0.2) is 24.3 Å². The molecule has 1 saturated heterocycles. The Hall–Kier alpha value is -0.900. The summed E-state index contributed by atoms with van der Waals surface area (Å²) in [4.78, 5) is 2.62. The summed E-state index contributed by atoms with van der Waals surface area (Å²) < 4.78 is 5.20. The highest BCUT2D eigenvalue weighted by Gasteiger charge is 2.45. The third-order valence-electron chi connectivity index (χ3n) is 5.68. The highest BCUT2D eigenvalue weighted by molar-refractivity contribution is 5.42. The van der Waals surface area contributed by atoms with Crippen molar-refractivity contribution in [2.24, 2.45) is 0 Å². The molecule has 3 heteroatoms. The molecular formula is C19H30N2O. The zero-order valence-electron chi connectivity index (χ0n) is 14.3. The summed E-state index contributed by atoms with van der Waals surface area (Å²) in [5, 5.41) is 3.71. The standard InChI is InChI=1S/C19H30N2O/c1-15(2)21-11-8-19(9-12-21)14-18(20-10-13-22-3)16-6-4-5-7-17(16)19/h4-7,15,18,20H,8-14H2,1-3H3. The van der Waals surface area contributed by atoms with Gasteiger partial charge < -0.3 is 15.0 Å². The minimum Gasteiger partial charge on any atom is -0.383 e. The molecule has 1 fully saturated rings. The molecule has 3 nitrogen and oxygen atoms in total. The van der Waals surface area contributed by atoms with Gasteiger partial charge in [-0.2, -0.15) is 0 Å². The van der Waals surface area contributed by atoms with Gasteiger partial charge in [0.2, 0.25) is 0 Å². The number of hydrogen-bond acceptors (Lipinski definition) is 3. The van der Waals surface area contributed by atoms with E-state index in [-0.39, 0.29) is 0 Å². The topological polar surface area (TPSA) is 24.5 Å². The number of benzene rings is 1. The van der Waals surface area contributed by atoms with Crippen LogP contribution in [-0.2, 0) is 10.2 Å². The van der Waals surface area contributed by atoms with Gasteiger partial charge in [0.25, 0.3) is 0 Å². The Labute approximate surface area is 135 Å². The highest BCUT2D eigenvalue weighted by Crippen LogP contribution is 2.50. The van der Waals surface area contributed by atoms with E-state index in [0.29, 0.717) is 17.5 Å². The van der Waals surface area contributed by atoms with Crippen LogP contribution in [-0.4, -0.2) is 44.3 Å². The van der Waals surface area contributed by atoms with E-state index in [0.717, 1.165) is 13.2 Å². The molecule has 1 aromatic carbocycles. The van der Waals surface area contributed by atoms with Crippen LogP contribution in [0.3, 0.4) is 0 Å². The first-order valence-electron chi connectivity index (χ1n) is 8.72. The minimum absolute atomic E-state index is 0.396. The van der Waals surface area contributed by atoms with Crippen molar-refractivity contribution < 1.29 is 4.74 Å². The van der Waals surface area contributed by atoms with Crippen molar-refractivity contribution >= 4 is 0 Å². The highest BCUT2D eigenvalue weighted by atomic mass is 16.5. The van der Waals surface area contributed by atoms with E-state index in [9.17, 15) is 0 Å². The molecule has 0 radical (unpaired) electrons. The first-order chi connectivity index (χ1) is 10.7. The maximum atomic E-state index is 5.20. The fraction of sp³-hybridized carbons (Fsp3) is 0.684. The van der Waals surface area contributed by atoms with Crippen LogP contribution in [0.5, 0.6) is 0 Å². The molecule has 0 aromatic heterocycles. The van der Waals surface area contributed by atoms with Crippen molar-refractivity contribution in [3.05, 3.63) is 35.4 Å². The van der Waals surface area contributed by atoms with Gasteiger partial charge in [-0.15, -0.1) is 0 Å². The number of fused-ring (bicyclic) bond motifs is 2. The predicted octanol–water partition coefficient (Wildman–Crippen LogP) is 3.11. The molecule has 1 unspecified atom stereocenters. The fourth-order valence-electron chi connectivity index (χ4n) is 4.35. The van der Waals surface area contributed by atoms with Gasteiger partial charge in [0.05, 0.1) is 6.61 Å². The average Bonchev–Trinajstić information content (AvgIpc) is 2.83. The second-order valence-corrected chi connectivity index (χ2v) is 7.20. The Morgan fingerprint density at radius 3 is 2.68 bits per heavy atom. The van der Waals surface area contributed by atoms with E-state index in [1.54, 1.807) is 12.7 Å². The summed E-state index contributed by atoms with van der Waals surface area (Å²) >= 11 is 0. The fourth-order valence-corrected chi connectivity index (χ4v) is 4.35. The normalized spacial score (nSPS) is 24.1. The second kappa shape index (κ2) is 6.69. The van der Waals surface area contributed by atoms with Gasteiger partial charge in [-0.05, 0) is 62.7 Å². The molecule has 1 atom stereocenters. The first-order valence-corrected chi connectivity index (χ1v) is 8.72. The summed E-state index contributed by atoms with van der Waals surface area (Å²) in [5.41, 5.74) is 3.53. The second-order valence-electron chi connectivity index (χ2n) is 7.20. The zero-order valence-corrected chi connectivity index (χ0v) is 14.3. The molecule has 0 bridgehead atoms. The van der Waals surface area contributed by atoms with Crippen LogP contribution >= 0.6 is 0 Å². The number of rotatable bonds is 5. The maximum absolute atomic E-state index is 5.20. The molecule has 0 saturated carbocycles. The summed E-state index contributed by atoms with van der Waals surface area (Å²) in [7, 11) is 1.77. The van der Waals surface area contributed by atoms with E-state index >= 15 is 0 Å². The molecule has 122 valence electrons. The Balaban J connectivity index is 1.76. The Kier molecular flexibility index (Phi) is 4.86. The number of nitrogens with zero attached hydrogens (tertiary/aromatic N) is 1. The number of piperidine rings is 1. The molecule has 3 rings (SSSR count). The quantitative estimate of drug-likeness (QED) is 0.846. The van der Waals surface area contributed by atoms with E-state index in [4.69, 9.17) is 4.74 Å². The van der Waals surface area contributed by atoms with Gasteiger partial charge in [-0.3, -0.25) is 0 Å². The van der Waals surface area contributed by atoms with Crippen LogP contribution in [0, 0.1) is 0 Å². The van der Waals surface area contributed by atoms with E-state index in [1.165, 1.54) is 37.9 Å². The van der Waals surface area contributed by atoms with Crippen LogP contribution in [0.2, 0.25) is 0 Å². The van der Waals surface area contributed by atoms with Crippen LogP contribution in [0.4, 0.5) is 0 Å². The van der Waals surface area contributed by atoms with E-state index in [2.05, 4.69) is 48.3 Å². The van der Waals surface area contributed by atoms with Crippen molar-refractivity contribution in [3.63, 3.8) is 0 Å². The van der Waals surface area contributed by atoms with Gasteiger partial charge in [-0.25, -0.2) is 0 Å². The van der Waals surface area contributed by atoms with E-state index < -0.39 is 0 Å². The van der Waals surface area contributed by atoms with Crippen molar-refractivity contribution in [1.82, 2.24) is 10.2 Å². The summed E-state index contributed by atoms with van der Waals surface area (Å²) in [5.74, 6) is 0. The number of nitrogens with one attached hydrogen (secondary N) is 1. The van der Waals surface area contributed by atoms with Gasteiger partial charge >= 0.3 is 0 Å². The van der Waals surface area contributed by atoms with Gasteiger partial charge in [0, 0.05) is 25.7 Å². The molecule has 1 aliphatic heterocycles. The van der Waals surface area contributed by atoms with Crippen molar-refractivity contribution in [2.45, 2.75) is 50.6 Å². The van der Waals surface area contributed by atoms with Crippen molar-refractivity contribution in [1.29, 1.82) is 0 Å². The number of methoxy groups -OCH3 is 1. The lowest BCUT2D eigenvalue weighted by Crippen LogP contribution is -2.44. The van der Waals surface area contributed by atoms with Gasteiger partial charge in [0.1, 0.15) is 0 Å². The third-order valence-corrected chi connectivity index (χ3v) is 5.68. The molecule has 22 heavy (non-hydrogen) atoms. The Morgan fingerprint density at radius 2 is 2.00 bits per heavy atom. The SMILES string of the molecule is COCCNC1CC2(CCN(C(C)C)CC2)c2ccccc21. The Bertz CT molecular complexity index is 492. The Morgan fingerprint density at radius 1 is 1.27 bits per heavy atom. The minimum atomic E-state index is 0.396. The molecule has 1 heterocycles. The monoisotopic (exact) mass is 302 g/mol. The molecule has 1 spiro atoms. The number of likely N-dealkylation sites (tertiary alicyclic amines) is 1. The third kappa shape index (κ3) is 2.94. The largest absolute Gasteiger partial charge is 0.383 e. The molecule has 1 N–H and O–H groups in total. The average molecular weight is 302 g/mol. The van der Waals surface area contributed by atoms with Gasteiger partial charge in [-0.1, -0.05) is 24.3 Å². The summed E-state index contributed by atoms with van der Waals surface area (Å²) in [6, 6.07) is 10.3. The van der Waals surface area contributed by atoms with Gasteiger partial charge in [0.15, 0.2) is 0 Å². The predicted molar refractivity (Wildman–Crippen MR) is 91.3 cm³/mol. The number of hydrogen-bond donors (Lipinski definition) is 1.